The second kappa shape index (κ2) is 15.3. The molecule has 1 aliphatic rings. The van der Waals surface area contributed by atoms with Gasteiger partial charge < -0.3 is 19.7 Å². The maximum Gasteiger partial charge on any atom is 0.244 e. The van der Waals surface area contributed by atoms with E-state index in [-0.39, 0.29) is 36.4 Å². The molecule has 11 heteroatoms. The van der Waals surface area contributed by atoms with Gasteiger partial charge in [0.25, 0.3) is 0 Å². The van der Waals surface area contributed by atoms with Crippen LogP contribution in [0.4, 0.5) is 5.69 Å². The standard InChI is InChI=1S/C33H40ClN3O6S/c1-42-27-18-19-29(31(21-27)43-2)37(44(3,40)41)23-32(38)36(22-25-14-10-11-17-28(25)34)30(20-24-12-6-4-7-13-24)33(39)35-26-15-8-5-9-16-26/h4,6-7,10-14,17-19,21,26,30H,5,8-9,15-16,20,22-23H2,1-3H3,(H,35,39)/t30-/m1/s1. The van der Waals surface area contributed by atoms with Gasteiger partial charge in [0.2, 0.25) is 21.8 Å². The normalized spacial score (nSPS) is 14.4. The summed E-state index contributed by atoms with van der Waals surface area (Å²) in [4.78, 5) is 29.9. The molecule has 236 valence electrons. The van der Waals surface area contributed by atoms with E-state index in [1.54, 1.807) is 30.3 Å². The van der Waals surface area contributed by atoms with Crippen LogP contribution < -0.4 is 19.1 Å². The average molecular weight is 642 g/mol. The second-order valence-electron chi connectivity index (χ2n) is 11.0. The van der Waals surface area contributed by atoms with Crippen molar-refractivity contribution in [3.05, 3.63) is 88.9 Å². The third-order valence-corrected chi connectivity index (χ3v) is 9.35. The van der Waals surface area contributed by atoms with E-state index in [2.05, 4.69) is 5.32 Å². The Morgan fingerprint density at radius 3 is 2.27 bits per heavy atom. The van der Waals surface area contributed by atoms with Gasteiger partial charge in [-0.1, -0.05) is 79.4 Å². The number of ether oxygens (including phenoxy) is 2. The van der Waals surface area contributed by atoms with Crippen molar-refractivity contribution in [1.82, 2.24) is 10.2 Å². The number of nitrogens with one attached hydrogen (secondary N) is 1. The van der Waals surface area contributed by atoms with Gasteiger partial charge in [-0.2, -0.15) is 0 Å². The number of anilines is 1. The quantitative estimate of drug-likeness (QED) is 0.275. The minimum absolute atomic E-state index is 0.00540. The maximum atomic E-state index is 14.4. The summed E-state index contributed by atoms with van der Waals surface area (Å²) in [5.74, 6) is -0.161. The van der Waals surface area contributed by atoms with Gasteiger partial charge in [0.05, 0.1) is 26.2 Å². The third-order valence-electron chi connectivity index (χ3n) is 7.86. The van der Waals surface area contributed by atoms with Gasteiger partial charge in [-0.15, -0.1) is 0 Å². The molecule has 0 aliphatic heterocycles. The first kappa shape index (κ1) is 33.1. The van der Waals surface area contributed by atoms with Crippen molar-refractivity contribution in [1.29, 1.82) is 0 Å². The van der Waals surface area contributed by atoms with Crippen LogP contribution in [0, 0.1) is 0 Å². The zero-order valence-electron chi connectivity index (χ0n) is 25.4. The molecule has 2 amide bonds. The molecule has 1 aliphatic carbocycles. The number of nitrogens with zero attached hydrogens (tertiary/aromatic N) is 2. The molecule has 3 aromatic rings. The topological polar surface area (TPSA) is 105 Å². The number of rotatable bonds is 13. The van der Waals surface area contributed by atoms with Crippen LogP contribution in [0.1, 0.15) is 43.2 Å². The Bertz CT molecular complexity index is 1530. The Labute approximate surface area is 265 Å². The molecule has 3 aromatic carbocycles. The van der Waals surface area contributed by atoms with Crippen LogP contribution in [0.5, 0.6) is 11.5 Å². The third kappa shape index (κ3) is 8.66. The molecular formula is C33H40ClN3O6S. The summed E-state index contributed by atoms with van der Waals surface area (Å²) in [6.07, 6.45) is 6.21. The molecular weight excluding hydrogens is 602 g/mol. The van der Waals surface area contributed by atoms with Gasteiger partial charge in [0.1, 0.15) is 24.1 Å². The van der Waals surface area contributed by atoms with Crippen LogP contribution in [0.25, 0.3) is 0 Å². The van der Waals surface area contributed by atoms with Gasteiger partial charge in [-0.3, -0.25) is 13.9 Å². The van der Waals surface area contributed by atoms with Crippen molar-refractivity contribution >= 4 is 39.1 Å². The monoisotopic (exact) mass is 641 g/mol. The predicted molar refractivity (Wildman–Crippen MR) is 173 cm³/mol. The van der Waals surface area contributed by atoms with E-state index in [0.29, 0.717) is 16.3 Å². The zero-order chi connectivity index (χ0) is 31.7. The molecule has 0 aromatic heterocycles. The van der Waals surface area contributed by atoms with Crippen molar-refractivity contribution in [3.63, 3.8) is 0 Å². The fourth-order valence-corrected chi connectivity index (χ4v) is 6.54. The van der Waals surface area contributed by atoms with Crippen molar-refractivity contribution in [2.45, 2.75) is 57.2 Å². The highest BCUT2D eigenvalue weighted by Crippen LogP contribution is 2.34. The summed E-state index contributed by atoms with van der Waals surface area (Å²) < 4.78 is 38.0. The zero-order valence-corrected chi connectivity index (χ0v) is 26.9. The first-order valence-electron chi connectivity index (χ1n) is 14.7. The largest absolute Gasteiger partial charge is 0.497 e. The van der Waals surface area contributed by atoms with Crippen molar-refractivity contribution in [2.75, 3.05) is 31.3 Å². The Hall–Kier alpha value is -3.76. The first-order chi connectivity index (χ1) is 21.1. The Balaban J connectivity index is 1.76. The molecule has 0 saturated heterocycles. The highest BCUT2D eigenvalue weighted by atomic mass is 35.5. The number of methoxy groups -OCH3 is 2. The van der Waals surface area contributed by atoms with E-state index in [0.717, 1.165) is 48.2 Å². The van der Waals surface area contributed by atoms with Gasteiger partial charge >= 0.3 is 0 Å². The smallest absolute Gasteiger partial charge is 0.244 e. The molecule has 1 fully saturated rings. The average Bonchev–Trinajstić information content (AvgIpc) is 3.02. The summed E-state index contributed by atoms with van der Waals surface area (Å²) >= 11 is 6.54. The highest BCUT2D eigenvalue weighted by molar-refractivity contribution is 7.92. The predicted octanol–water partition coefficient (Wildman–Crippen LogP) is 5.21. The fraction of sp³-hybridized carbons (Fsp3) is 0.394. The van der Waals surface area contributed by atoms with Crippen LogP contribution in [-0.4, -0.2) is 64.2 Å². The van der Waals surface area contributed by atoms with E-state index in [1.165, 1.54) is 25.2 Å². The van der Waals surface area contributed by atoms with Crippen LogP contribution >= 0.6 is 11.6 Å². The number of hydrogen-bond donors (Lipinski definition) is 1. The molecule has 44 heavy (non-hydrogen) atoms. The Morgan fingerprint density at radius 1 is 0.955 bits per heavy atom. The molecule has 4 rings (SSSR count). The van der Waals surface area contributed by atoms with Crippen LogP contribution in [0.2, 0.25) is 5.02 Å². The molecule has 0 bridgehead atoms. The van der Waals surface area contributed by atoms with Gasteiger partial charge in [-0.25, -0.2) is 8.42 Å². The lowest BCUT2D eigenvalue weighted by Gasteiger charge is -2.35. The van der Waals surface area contributed by atoms with Gasteiger partial charge in [0, 0.05) is 30.1 Å². The summed E-state index contributed by atoms with van der Waals surface area (Å²) in [5.41, 5.74) is 1.68. The second-order valence-corrected chi connectivity index (χ2v) is 13.3. The number of halogens is 1. The molecule has 0 unspecified atom stereocenters. The number of carbonyl (C=O) groups excluding carboxylic acids is 2. The number of hydrogen-bond acceptors (Lipinski definition) is 6. The number of amides is 2. The van der Waals surface area contributed by atoms with E-state index < -0.39 is 28.5 Å². The van der Waals surface area contributed by atoms with Gasteiger partial charge in [-0.05, 0) is 42.2 Å². The van der Waals surface area contributed by atoms with Crippen LogP contribution in [0.3, 0.4) is 0 Å². The van der Waals surface area contributed by atoms with E-state index in [1.807, 2.05) is 36.4 Å². The summed E-state index contributed by atoms with van der Waals surface area (Å²) in [6.45, 7) is -0.556. The molecule has 1 N–H and O–H groups in total. The minimum atomic E-state index is -3.97. The number of benzene rings is 3. The van der Waals surface area contributed by atoms with E-state index in [9.17, 15) is 18.0 Å². The van der Waals surface area contributed by atoms with E-state index in [4.69, 9.17) is 21.1 Å². The van der Waals surface area contributed by atoms with Crippen molar-refractivity contribution in [2.24, 2.45) is 0 Å². The molecule has 1 atom stereocenters. The molecule has 0 heterocycles. The van der Waals surface area contributed by atoms with Crippen LogP contribution in [-0.2, 0) is 32.6 Å². The van der Waals surface area contributed by atoms with Crippen molar-refractivity contribution in [3.8, 4) is 11.5 Å². The lowest BCUT2D eigenvalue weighted by molar-refractivity contribution is -0.140. The lowest BCUT2D eigenvalue weighted by atomic mass is 9.94. The number of carbonyl (C=O) groups is 2. The van der Waals surface area contributed by atoms with Crippen molar-refractivity contribution < 1.29 is 27.5 Å². The summed E-state index contributed by atoms with van der Waals surface area (Å²) in [5, 5.41) is 3.63. The SMILES string of the molecule is COc1ccc(N(CC(=O)N(Cc2ccccc2Cl)[C@H](Cc2ccccc2)C(=O)NC2CCCCC2)S(C)(=O)=O)c(OC)c1. The van der Waals surface area contributed by atoms with Gasteiger partial charge in [0.15, 0.2) is 0 Å². The molecule has 0 spiro atoms. The number of sulfonamides is 1. The highest BCUT2D eigenvalue weighted by Gasteiger charge is 2.35. The fourth-order valence-electron chi connectivity index (χ4n) is 5.49. The molecule has 0 radical (unpaired) electrons. The summed E-state index contributed by atoms with van der Waals surface area (Å²) in [7, 11) is -1.07. The summed E-state index contributed by atoms with van der Waals surface area (Å²) in [6, 6.07) is 20.3. The first-order valence-corrected chi connectivity index (χ1v) is 16.9. The molecule has 1 saturated carbocycles. The van der Waals surface area contributed by atoms with Crippen LogP contribution in [0.15, 0.2) is 72.8 Å². The Kier molecular flexibility index (Phi) is 11.5. The molecule has 9 nitrogen and oxygen atoms in total. The maximum absolute atomic E-state index is 14.4. The minimum Gasteiger partial charge on any atom is -0.497 e. The van der Waals surface area contributed by atoms with E-state index >= 15 is 0 Å². The Morgan fingerprint density at radius 2 is 1.64 bits per heavy atom. The lowest BCUT2D eigenvalue weighted by Crippen LogP contribution is -2.55.